The Bertz CT molecular complexity index is 909. The van der Waals surface area contributed by atoms with Crippen LogP contribution in [0, 0.1) is 5.82 Å². The molecule has 0 amide bonds. The number of ether oxygens (including phenoxy) is 1. The number of nitrogens with zero attached hydrogens (tertiary/aromatic N) is 1. The summed E-state index contributed by atoms with van der Waals surface area (Å²) in [4.78, 5) is 15.5. The summed E-state index contributed by atoms with van der Waals surface area (Å²) in [6.07, 6.45) is 2.96. The molecule has 0 aliphatic carbocycles. The van der Waals surface area contributed by atoms with Gasteiger partial charge >= 0.3 is 5.97 Å². The molecule has 2 N–H and O–H groups in total. The third kappa shape index (κ3) is 2.99. The van der Waals surface area contributed by atoms with Gasteiger partial charge in [0.15, 0.2) is 22.8 Å². The van der Waals surface area contributed by atoms with Gasteiger partial charge in [-0.1, -0.05) is 24.6 Å². The standard InChI is InChI=1S/C16H15ClF2N2O3/c1-4-8-5-6-24-15(8)10(18)7(2)13-11(19)12(20)9(17)14(21-13)16(22)23-3/h4-7H,1-3H3,(H2,20,21)/b8-4-,15-10-. The van der Waals surface area contributed by atoms with Crippen molar-refractivity contribution in [2.24, 2.45) is 0 Å². The van der Waals surface area contributed by atoms with Crippen LogP contribution in [0.2, 0.25) is 5.02 Å². The Labute approximate surface area is 141 Å². The minimum Gasteiger partial charge on any atom is -0.464 e. The highest BCUT2D eigenvalue weighted by molar-refractivity contribution is 6.35. The summed E-state index contributed by atoms with van der Waals surface area (Å²) >= 11 is 5.82. The Hall–Kier alpha value is -2.41. The molecule has 0 aliphatic rings. The molecule has 0 aliphatic heterocycles. The molecule has 2 rings (SSSR count). The molecular weight excluding hydrogens is 342 g/mol. The van der Waals surface area contributed by atoms with Gasteiger partial charge in [-0.3, -0.25) is 0 Å². The van der Waals surface area contributed by atoms with E-state index in [4.69, 9.17) is 21.8 Å². The molecule has 0 radical (unpaired) electrons. The van der Waals surface area contributed by atoms with E-state index in [1.807, 2.05) is 0 Å². The summed E-state index contributed by atoms with van der Waals surface area (Å²) < 4.78 is 38.8. The molecule has 1 unspecified atom stereocenters. The minimum absolute atomic E-state index is 0.0423. The van der Waals surface area contributed by atoms with Gasteiger partial charge < -0.3 is 14.9 Å². The highest BCUT2D eigenvalue weighted by Crippen LogP contribution is 2.33. The molecule has 2 aromatic heterocycles. The van der Waals surface area contributed by atoms with Crippen LogP contribution in [0.25, 0.3) is 11.9 Å². The number of methoxy groups -OCH3 is 1. The Morgan fingerprint density at radius 2 is 2.21 bits per heavy atom. The van der Waals surface area contributed by atoms with Crippen molar-refractivity contribution < 1.29 is 22.7 Å². The Kier molecular flexibility index (Phi) is 5.23. The van der Waals surface area contributed by atoms with Crippen molar-refractivity contribution in [3.05, 3.63) is 45.2 Å². The fraction of sp³-hybridized carbons (Fsp3) is 0.250. The first-order valence-corrected chi connectivity index (χ1v) is 7.33. The molecule has 0 saturated heterocycles. The van der Waals surface area contributed by atoms with E-state index in [2.05, 4.69) is 9.72 Å². The van der Waals surface area contributed by atoms with Crippen molar-refractivity contribution in [2.75, 3.05) is 12.8 Å². The Morgan fingerprint density at radius 3 is 2.79 bits per heavy atom. The SMILES string of the molecule is C/C=c1/cco/c1=C(\F)C(C)c1nc(C(=O)OC)c(Cl)c(N)c1F. The lowest BCUT2D eigenvalue weighted by atomic mass is 10.0. The molecule has 8 heteroatoms. The third-order valence-corrected chi connectivity index (χ3v) is 3.91. The van der Waals surface area contributed by atoms with E-state index in [0.717, 1.165) is 7.11 Å². The number of hydrogen-bond acceptors (Lipinski definition) is 5. The largest absolute Gasteiger partial charge is 0.464 e. The summed E-state index contributed by atoms with van der Waals surface area (Å²) in [6.45, 7) is 3.08. The Balaban J connectivity index is 2.71. The number of pyridine rings is 1. The second-order valence-corrected chi connectivity index (χ2v) is 5.32. The van der Waals surface area contributed by atoms with Gasteiger partial charge in [0.2, 0.25) is 0 Å². The van der Waals surface area contributed by atoms with Crippen molar-refractivity contribution in [1.29, 1.82) is 0 Å². The maximum atomic E-state index is 14.7. The van der Waals surface area contributed by atoms with E-state index in [1.54, 1.807) is 19.1 Å². The van der Waals surface area contributed by atoms with Crippen LogP contribution in [0.5, 0.6) is 0 Å². The van der Waals surface area contributed by atoms with E-state index in [1.165, 1.54) is 13.2 Å². The maximum Gasteiger partial charge on any atom is 0.358 e. The number of carbonyl (C=O) groups excluding carboxylic acids is 1. The van der Waals surface area contributed by atoms with Gasteiger partial charge in [-0.15, -0.1) is 0 Å². The lowest BCUT2D eigenvalue weighted by molar-refractivity contribution is 0.0594. The monoisotopic (exact) mass is 356 g/mol. The number of aromatic nitrogens is 1. The summed E-state index contributed by atoms with van der Waals surface area (Å²) in [5.74, 6) is -3.81. The first kappa shape index (κ1) is 17.9. The molecule has 2 heterocycles. The highest BCUT2D eigenvalue weighted by Gasteiger charge is 2.27. The lowest BCUT2D eigenvalue weighted by Gasteiger charge is -2.14. The topological polar surface area (TPSA) is 78.3 Å². The van der Waals surface area contributed by atoms with Gasteiger partial charge in [0.25, 0.3) is 0 Å². The zero-order valence-electron chi connectivity index (χ0n) is 13.2. The van der Waals surface area contributed by atoms with E-state index in [0.29, 0.717) is 5.22 Å². The molecule has 0 aromatic carbocycles. The second-order valence-electron chi connectivity index (χ2n) is 4.94. The first-order valence-electron chi connectivity index (χ1n) is 6.95. The van der Waals surface area contributed by atoms with Gasteiger partial charge in [0.05, 0.1) is 35.7 Å². The third-order valence-electron chi connectivity index (χ3n) is 3.53. The molecule has 128 valence electrons. The molecule has 0 spiro atoms. The van der Waals surface area contributed by atoms with Crippen molar-refractivity contribution in [2.45, 2.75) is 19.8 Å². The quantitative estimate of drug-likeness (QED) is 0.855. The Morgan fingerprint density at radius 1 is 1.54 bits per heavy atom. The number of hydrogen-bond donors (Lipinski definition) is 1. The van der Waals surface area contributed by atoms with Crippen molar-refractivity contribution >= 4 is 35.2 Å². The molecule has 24 heavy (non-hydrogen) atoms. The average molecular weight is 357 g/mol. The number of esters is 1. The van der Waals surface area contributed by atoms with Crippen molar-refractivity contribution in [1.82, 2.24) is 4.98 Å². The van der Waals surface area contributed by atoms with Crippen LogP contribution in [0.1, 0.15) is 35.9 Å². The van der Waals surface area contributed by atoms with Crippen LogP contribution in [-0.4, -0.2) is 18.1 Å². The number of furan rings is 1. The number of nitrogen functional groups attached to an aromatic ring is 1. The van der Waals surface area contributed by atoms with Crippen LogP contribution in [-0.2, 0) is 4.74 Å². The molecule has 2 aromatic rings. The molecule has 5 nitrogen and oxygen atoms in total. The molecule has 0 bridgehead atoms. The predicted molar refractivity (Wildman–Crippen MR) is 86.0 cm³/mol. The molecule has 1 atom stereocenters. The van der Waals surface area contributed by atoms with Crippen molar-refractivity contribution in [3.8, 4) is 0 Å². The summed E-state index contributed by atoms with van der Waals surface area (Å²) in [5.41, 5.74) is 4.29. The second kappa shape index (κ2) is 7.00. The number of rotatable bonds is 3. The molecular formula is C16H15ClF2N2O3. The number of halogens is 3. The van der Waals surface area contributed by atoms with Crippen LogP contribution in [0.4, 0.5) is 14.5 Å². The molecule has 0 fully saturated rings. The molecule has 0 saturated carbocycles. The lowest BCUT2D eigenvalue weighted by Crippen LogP contribution is -2.23. The average Bonchev–Trinajstić information content (AvgIpc) is 3.06. The van der Waals surface area contributed by atoms with Gasteiger partial charge in [-0.05, 0) is 13.0 Å². The summed E-state index contributed by atoms with van der Waals surface area (Å²) in [6, 6.07) is 1.57. The van der Waals surface area contributed by atoms with Crippen LogP contribution >= 0.6 is 11.6 Å². The van der Waals surface area contributed by atoms with E-state index in [-0.39, 0.29) is 21.8 Å². The summed E-state index contributed by atoms with van der Waals surface area (Å²) in [7, 11) is 1.11. The number of nitrogens with two attached hydrogens (primary N) is 1. The fourth-order valence-corrected chi connectivity index (χ4v) is 2.36. The van der Waals surface area contributed by atoms with E-state index in [9.17, 15) is 13.6 Å². The van der Waals surface area contributed by atoms with Crippen LogP contribution in [0.15, 0.2) is 16.7 Å². The maximum absolute atomic E-state index is 14.7. The minimum atomic E-state index is -1.15. The van der Waals surface area contributed by atoms with Gasteiger partial charge in [-0.2, -0.15) is 0 Å². The number of carbonyl (C=O) groups is 1. The smallest absolute Gasteiger partial charge is 0.358 e. The highest BCUT2D eigenvalue weighted by atomic mass is 35.5. The van der Waals surface area contributed by atoms with Gasteiger partial charge in [0.1, 0.15) is 0 Å². The van der Waals surface area contributed by atoms with Crippen molar-refractivity contribution in [3.63, 3.8) is 0 Å². The van der Waals surface area contributed by atoms with E-state index >= 15 is 0 Å². The van der Waals surface area contributed by atoms with Gasteiger partial charge in [0, 0.05) is 5.22 Å². The fourth-order valence-electron chi connectivity index (χ4n) is 2.16. The summed E-state index contributed by atoms with van der Waals surface area (Å²) in [5, 5.41) is 0.131. The van der Waals surface area contributed by atoms with E-state index < -0.39 is 29.2 Å². The predicted octanol–water partition coefficient (Wildman–Crippen LogP) is 2.52. The normalized spacial score (nSPS) is 14.5. The van der Waals surface area contributed by atoms with Crippen LogP contribution < -0.4 is 16.4 Å². The zero-order chi connectivity index (χ0) is 18.0. The number of anilines is 1. The van der Waals surface area contributed by atoms with Gasteiger partial charge in [-0.25, -0.2) is 18.6 Å². The van der Waals surface area contributed by atoms with Crippen LogP contribution in [0.3, 0.4) is 0 Å². The first-order chi connectivity index (χ1) is 11.3. The zero-order valence-corrected chi connectivity index (χ0v) is 13.9.